The number of fused-ring (bicyclic) bond motifs is 1. The number of amides is 1. The van der Waals surface area contributed by atoms with Crippen molar-refractivity contribution in [3.63, 3.8) is 0 Å². The molecule has 0 aromatic heterocycles. The van der Waals surface area contributed by atoms with Crippen molar-refractivity contribution in [3.8, 4) is 0 Å². The molecule has 0 atom stereocenters. The molecule has 1 aliphatic rings. The fourth-order valence-electron chi connectivity index (χ4n) is 0.977. The fourth-order valence-corrected chi connectivity index (χ4v) is 0.977. The van der Waals surface area contributed by atoms with Gasteiger partial charge < -0.3 is 5.32 Å². The molecule has 0 bridgehead atoms. The summed E-state index contributed by atoms with van der Waals surface area (Å²) in [6.45, 7) is 0. The maximum absolute atomic E-state index is 10.7. The van der Waals surface area contributed by atoms with E-state index in [1.54, 1.807) is 0 Å². The zero-order chi connectivity index (χ0) is 6.97. The van der Waals surface area contributed by atoms with Crippen LogP contribution in [0.4, 0.5) is 5.69 Å². The molecule has 0 saturated carbocycles. The highest BCUT2D eigenvalue weighted by molar-refractivity contribution is 6.06. The third-order valence-corrected chi connectivity index (χ3v) is 1.42. The van der Waals surface area contributed by atoms with Crippen LogP contribution < -0.4 is 5.32 Å². The Kier molecular flexibility index (Phi) is 1.01. The first-order chi connectivity index (χ1) is 4.86. The minimum atomic E-state index is -0.152. The van der Waals surface area contributed by atoms with Crippen LogP contribution in [-0.4, -0.2) is 5.91 Å². The van der Waals surface area contributed by atoms with E-state index in [-0.39, 0.29) is 5.91 Å². The van der Waals surface area contributed by atoms with E-state index in [1.165, 1.54) is 0 Å². The van der Waals surface area contributed by atoms with Crippen LogP contribution in [0.3, 0.4) is 0 Å². The summed E-state index contributed by atoms with van der Waals surface area (Å²) < 4.78 is 0. The van der Waals surface area contributed by atoms with E-state index in [0.717, 1.165) is 11.3 Å². The van der Waals surface area contributed by atoms with Gasteiger partial charge in [-0.1, -0.05) is 18.2 Å². The van der Waals surface area contributed by atoms with Gasteiger partial charge in [-0.25, -0.2) is 0 Å². The molecule has 1 aliphatic heterocycles. The van der Waals surface area contributed by atoms with Crippen molar-refractivity contribution in [2.75, 3.05) is 5.32 Å². The molecule has 2 nitrogen and oxygen atoms in total. The Morgan fingerprint density at radius 2 is 2.10 bits per heavy atom. The van der Waals surface area contributed by atoms with Gasteiger partial charge in [0.2, 0.25) is 5.91 Å². The van der Waals surface area contributed by atoms with Gasteiger partial charge in [0.05, 0.1) is 0 Å². The maximum atomic E-state index is 10.7. The minimum absolute atomic E-state index is 0.152. The van der Waals surface area contributed by atoms with Crippen molar-refractivity contribution in [2.24, 2.45) is 0 Å². The smallest absolute Gasteiger partial charge is 0.238 e. The normalized spacial score (nSPS) is 14.6. The van der Waals surface area contributed by atoms with Gasteiger partial charge >= 0.3 is 0 Å². The predicted molar refractivity (Wildman–Crippen MR) is 37.4 cm³/mol. The molecule has 1 aromatic rings. The topological polar surface area (TPSA) is 29.1 Å². The Hall–Kier alpha value is -1.31. The first-order valence-corrected chi connectivity index (χ1v) is 3.03. The molecule has 0 fully saturated rings. The number of benzene rings is 1. The number of rotatable bonds is 0. The Morgan fingerprint density at radius 1 is 1.30 bits per heavy atom. The van der Waals surface area contributed by atoms with Gasteiger partial charge in [0.15, 0.2) is 0 Å². The molecule has 2 radical (unpaired) electrons. The summed E-state index contributed by atoms with van der Waals surface area (Å²) >= 11 is 0. The van der Waals surface area contributed by atoms with E-state index in [0.29, 0.717) is 0 Å². The number of hydrogen-bond acceptors (Lipinski definition) is 1. The second kappa shape index (κ2) is 1.84. The van der Waals surface area contributed by atoms with Crippen LogP contribution in [0, 0.1) is 6.42 Å². The van der Waals surface area contributed by atoms with Crippen molar-refractivity contribution < 1.29 is 4.79 Å². The average molecular weight is 131 g/mol. The molecule has 48 valence electrons. The van der Waals surface area contributed by atoms with E-state index < -0.39 is 0 Å². The summed E-state index contributed by atoms with van der Waals surface area (Å²) in [5.74, 6) is -0.152. The first-order valence-electron chi connectivity index (χ1n) is 3.03. The van der Waals surface area contributed by atoms with Gasteiger partial charge in [-0.2, -0.15) is 0 Å². The number of nitrogens with one attached hydrogen (secondary N) is 1. The Morgan fingerprint density at radius 3 is 2.90 bits per heavy atom. The molecule has 0 saturated heterocycles. The summed E-state index contributed by atoms with van der Waals surface area (Å²) in [6.07, 6.45) is 2.65. The van der Waals surface area contributed by atoms with E-state index in [4.69, 9.17) is 0 Å². The number of hydrogen-bond donors (Lipinski definition) is 1. The summed E-state index contributed by atoms with van der Waals surface area (Å²) in [4.78, 5) is 10.7. The van der Waals surface area contributed by atoms with Crippen LogP contribution in [0.5, 0.6) is 0 Å². The zero-order valence-corrected chi connectivity index (χ0v) is 5.22. The van der Waals surface area contributed by atoms with Crippen LogP contribution >= 0.6 is 0 Å². The van der Waals surface area contributed by atoms with E-state index in [2.05, 4.69) is 11.7 Å². The molecule has 2 rings (SSSR count). The molecular weight excluding hydrogens is 126 g/mol. The van der Waals surface area contributed by atoms with Gasteiger partial charge in [-0.15, -0.1) is 0 Å². The van der Waals surface area contributed by atoms with Crippen molar-refractivity contribution in [3.05, 3.63) is 36.2 Å². The SMILES string of the molecule is O=C1[C]c2ccccc2N1. The summed E-state index contributed by atoms with van der Waals surface area (Å²) in [5.41, 5.74) is 1.71. The first kappa shape index (κ1) is 5.47. The number of carbonyl (C=O) groups is 1. The Labute approximate surface area is 58.9 Å². The summed E-state index contributed by atoms with van der Waals surface area (Å²) in [6, 6.07) is 7.47. The highest BCUT2D eigenvalue weighted by Crippen LogP contribution is 2.22. The van der Waals surface area contributed by atoms with Gasteiger partial charge in [0.1, 0.15) is 6.42 Å². The van der Waals surface area contributed by atoms with Gasteiger partial charge in [0, 0.05) is 5.69 Å². The van der Waals surface area contributed by atoms with Gasteiger partial charge in [-0.3, -0.25) is 4.79 Å². The Balaban J connectivity index is 2.51. The lowest BCUT2D eigenvalue weighted by atomic mass is 10.2. The molecule has 0 unspecified atom stereocenters. The van der Waals surface area contributed by atoms with Crippen LogP contribution in [0.25, 0.3) is 0 Å². The van der Waals surface area contributed by atoms with Crippen molar-refractivity contribution in [1.29, 1.82) is 0 Å². The highest BCUT2D eigenvalue weighted by Gasteiger charge is 2.16. The van der Waals surface area contributed by atoms with Crippen molar-refractivity contribution >= 4 is 11.6 Å². The van der Waals surface area contributed by atoms with Gasteiger partial charge in [0.25, 0.3) is 0 Å². The lowest BCUT2D eigenvalue weighted by Crippen LogP contribution is -2.01. The second-order valence-electron chi connectivity index (χ2n) is 2.12. The van der Waals surface area contributed by atoms with Crippen LogP contribution in [0.1, 0.15) is 5.56 Å². The predicted octanol–water partition coefficient (Wildman–Crippen LogP) is 1.07. The van der Waals surface area contributed by atoms with E-state index >= 15 is 0 Å². The molecule has 2 heteroatoms. The molecule has 0 spiro atoms. The summed E-state index contributed by atoms with van der Waals surface area (Å²) in [5, 5.41) is 2.65. The quantitative estimate of drug-likeness (QED) is 0.560. The van der Waals surface area contributed by atoms with Crippen molar-refractivity contribution in [1.82, 2.24) is 0 Å². The molecule has 1 N–H and O–H groups in total. The van der Waals surface area contributed by atoms with E-state index in [9.17, 15) is 4.79 Å². The molecule has 0 aliphatic carbocycles. The fraction of sp³-hybridized carbons (Fsp3) is 0. The number of anilines is 1. The van der Waals surface area contributed by atoms with E-state index in [1.807, 2.05) is 24.3 Å². The zero-order valence-electron chi connectivity index (χ0n) is 5.22. The minimum Gasteiger partial charge on any atom is -0.325 e. The monoisotopic (exact) mass is 131 g/mol. The lowest BCUT2D eigenvalue weighted by Gasteiger charge is -1.92. The largest absolute Gasteiger partial charge is 0.325 e. The summed E-state index contributed by atoms with van der Waals surface area (Å²) in [7, 11) is 0. The number of para-hydroxylation sites is 1. The van der Waals surface area contributed by atoms with Crippen LogP contribution in [0.2, 0.25) is 0 Å². The van der Waals surface area contributed by atoms with Crippen LogP contribution in [-0.2, 0) is 4.79 Å². The Bertz CT molecular complexity index is 253. The molecular formula is C8H5NO. The molecule has 1 heterocycles. The highest BCUT2D eigenvalue weighted by atomic mass is 16.1. The average Bonchev–Trinajstić information content (AvgIpc) is 2.27. The third kappa shape index (κ3) is 0.692. The standard InChI is InChI=1S/C8H5NO/c10-8-5-6-3-1-2-4-7(6)9-8/h1-4H,(H,9,10). The van der Waals surface area contributed by atoms with Crippen molar-refractivity contribution in [2.45, 2.75) is 0 Å². The molecule has 10 heavy (non-hydrogen) atoms. The maximum Gasteiger partial charge on any atom is 0.238 e. The second-order valence-corrected chi connectivity index (χ2v) is 2.12. The lowest BCUT2D eigenvalue weighted by molar-refractivity contribution is -0.112. The number of carbonyl (C=O) groups excluding carboxylic acids is 1. The molecule has 1 aromatic carbocycles. The van der Waals surface area contributed by atoms with Gasteiger partial charge in [-0.05, 0) is 11.6 Å². The van der Waals surface area contributed by atoms with Crippen LogP contribution in [0.15, 0.2) is 24.3 Å². The molecule has 1 amide bonds. The third-order valence-electron chi connectivity index (χ3n) is 1.42.